The Morgan fingerprint density at radius 1 is 1.22 bits per heavy atom. The topological polar surface area (TPSA) is 126 Å². The maximum atomic E-state index is 11.7. The van der Waals surface area contributed by atoms with Crippen LogP contribution in [0.25, 0.3) is 0 Å². The molecule has 0 fully saturated rings. The van der Waals surface area contributed by atoms with Gasteiger partial charge in [0.2, 0.25) is 5.82 Å². The first-order chi connectivity index (χ1) is 8.65. The molecule has 1 aromatic heterocycles. The van der Waals surface area contributed by atoms with Gasteiger partial charge in [0.25, 0.3) is 5.91 Å². The third-order valence-corrected chi connectivity index (χ3v) is 2.02. The van der Waals surface area contributed by atoms with Crippen LogP contribution < -0.4 is 16.4 Å². The Balaban J connectivity index is 2.10. The molecule has 2 aromatic rings. The summed E-state index contributed by atoms with van der Waals surface area (Å²) >= 11 is 0. The maximum absolute atomic E-state index is 11.7. The van der Waals surface area contributed by atoms with Gasteiger partial charge in [0, 0.05) is 11.4 Å². The standard InChI is InChI=1S/C10H10N6O2/c11-10(18)15-7-3-1-2-6(4-7)14-9(17)8-12-5-13-16-8/h1-5H,(H,14,17)(H3,11,15,18)(H,12,13,16). The predicted octanol–water partition coefficient (Wildman–Crippen LogP) is 0.548. The summed E-state index contributed by atoms with van der Waals surface area (Å²) in [6.45, 7) is 0. The van der Waals surface area contributed by atoms with Crippen LogP contribution in [0.2, 0.25) is 0 Å². The average molecular weight is 246 g/mol. The van der Waals surface area contributed by atoms with Gasteiger partial charge in [-0.05, 0) is 18.2 Å². The summed E-state index contributed by atoms with van der Waals surface area (Å²) in [6.07, 6.45) is 1.24. The van der Waals surface area contributed by atoms with Gasteiger partial charge in [-0.3, -0.25) is 9.89 Å². The zero-order chi connectivity index (χ0) is 13.0. The quantitative estimate of drug-likeness (QED) is 0.630. The van der Waals surface area contributed by atoms with E-state index in [-0.39, 0.29) is 5.82 Å². The number of aromatic nitrogens is 3. The number of carbonyl (C=O) groups excluding carboxylic acids is 2. The number of aromatic amines is 1. The van der Waals surface area contributed by atoms with Gasteiger partial charge in [0.05, 0.1) is 0 Å². The van der Waals surface area contributed by atoms with E-state index in [1.54, 1.807) is 24.3 Å². The van der Waals surface area contributed by atoms with E-state index in [1.165, 1.54) is 6.33 Å². The molecule has 0 spiro atoms. The largest absolute Gasteiger partial charge is 0.351 e. The highest BCUT2D eigenvalue weighted by Gasteiger charge is 2.08. The number of benzene rings is 1. The van der Waals surface area contributed by atoms with Crippen molar-refractivity contribution in [3.8, 4) is 0 Å². The molecule has 18 heavy (non-hydrogen) atoms. The van der Waals surface area contributed by atoms with Gasteiger partial charge in [-0.25, -0.2) is 9.78 Å². The molecule has 1 aromatic carbocycles. The molecule has 0 unspecified atom stereocenters. The van der Waals surface area contributed by atoms with Crippen LogP contribution in [0, 0.1) is 0 Å². The molecule has 0 radical (unpaired) electrons. The molecular formula is C10H10N6O2. The van der Waals surface area contributed by atoms with Crippen LogP contribution in [0.15, 0.2) is 30.6 Å². The number of H-pyrrole nitrogens is 1. The van der Waals surface area contributed by atoms with E-state index >= 15 is 0 Å². The fourth-order valence-electron chi connectivity index (χ4n) is 1.32. The van der Waals surface area contributed by atoms with E-state index < -0.39 is 11.9 Å². The first kappa shape index (κ1) is 11.6. The molecule has 1 heterocycles. The number of nitrogens with zero attached hydrogens (tertiary/aromatic N) is 2. The fourth-order valence-corrected chi connectivity index (χ4v) is 1.32. The molecule has 2 rings (SSSR count). The van der Waals surface area contributed by atoms with Crippen molar-refractivity contribution in [3.63, 3.8) is 0 Å². The minimum atomic E-state index is -0.672. The molecule has 0 saturated carbocycles. The van der Waals surface area contributed by atoms with Crippen molar-refractivity contribution in [1.29, 1.82) is 0 Å². The van der Waals surface area contributed by atoms with Crippen LogP contribution in [-0.4, -0.2) is 27.1 Å². The second-order valence-corrected chi connectivity index (χ2v) is 3.36. The molecular weight excluding hydrogens is 236 g/mol. The molecule has 8 heteroatoms. The Bertz CT molecular complexity index is 566. The highest BCUT2D eigenvalue weighted by Crippen LogP contribution is 2.15. The third kappa shape index (κ3) is 2.82. The summed E-state index contributed by atoms with van der Waals surface area (Å²) in [6, 6.07) is 5.88. The van der Waals surface area contributed by atoms with Gasteiger partial charge in [-0.2, -0.15) is 5.10 Å². The van der Waals surface area contributed by atoms with E-state index in [0.29, 0.717) is 11.4 Å². The number of nitrogens with one attached hydrogen (secondary N) is 3. The van der Waals surface area contributed by atoms with Crippen molar-refractivity contribution in [3.05, 3.63) is 36.4 Å². The lowest BCUT2D eigenvalue weighted by Gasteiger charge is -2.06. The molecule has 5 N–H and O–H groups in total. The first-order valence-electron chi connectivity index (χ1n) is 4.98. The smallest absolute Gasteiger partial charge is 0.316 e. The molecule has 92 valence electrons. The summed E-state index contributed by atoms with van der Waals surface area (Å²) in [5.41, 5.74) is 5.98. The van der Waals surface area contributed by atoms with E-state index in [9.17, 15) is 9.59 Å². The summed E-state index contributed by atoms with van der Waals surface area (Å²) in [4.78, 5) is 26.1. The number of carbonyl (C=O) groups is 2. The molecule has 0 aliphatic carbocycles. The molecule has 3 amide bonds. The molecule has 0 atom stereocenters. The van der Waals surface area contributed by atoms with Gasteiger partial charge < -0.3 is 16.4 Å². The van der Waals surface area contributed by atoms with Crippen molar-refractivity contribution in [1.82, 2.24) is 15.2 Å². The van der Waals surface area contributed by atoms with E-state index in [1.807, 2.05) is 0 Å². The Morgan fingerprint density at radius 3 is 2.56 bits per heavy atom. The van der Waals surface area contributed by atoms with Crippen LogP contribution in [0.4, 0.5) is 16.2 Å². The summed E-state index contributed by atoms with van der Waals surface area (Å²) in [5.74, 6) is -0.327. The fraction of sp³-hybridized carbons (Fsp3) is 0. The van der Waals surface area contributed by atoms with Gasteiger partial charge in [0.15, 0.2) is 0 Å². The first-order valence-corrected chi connectivity index (χ1v) is 4.98. The van der Waals surface area contributed by atoms with Crippen molar-refractivity contribution < 1.29 is 9.59 Å². The number of nitrogens with two attached hydrogens (primary N) is 1. The number of rotatable bonds is 3. The third-order valence-electron chi connectivity index (χ3n) is 2.02. The van der Waals surface area contributed by atoms with Crippen LogP contribution in [-0.2, 0) is 0 Å². The van der Waals surface area contributed by atoms with E-state index in [4.69, 9.17) is 5.73 Å². The number of urea groups is 1. The molecule has 0 aliphatic heterocycles. The second kappa shape index (κ2) is 4.95. The lowest BCUT2D eigenvalue weighted by atomic mass is 10.2. The number of anilines is 2. The van der Waals surface area contributed by atoms with Crippen LogP contribution in [0.3, 0.4) is 0 Å². The number of hydrogen-bond acceptors (Lipinski definition) is 4. The van der Waals surface area contributed by atoms with E-state index in [2.05, 4.69) is 25.8 Å². The Morgan fingerprint density at radius 2 is 1.94 bits per heavy atom. The molecule has 8 nitrogen and oxygen atoms in total. The van der Waals surface area contributed by atoms with Crippen molar-refractivity contribution in [2.24, 2.45) is 5.73 Å². The normalized spacial score (nSPS) is 9.78. The monoisotopic (exact) mass is 246 g/mol. The van der Waals surface area contributed by atoms with Crippen molar-refractivity contribution in [2.45, 2.75) is 0 Å². The zero-order valence-corrected chi connectivity index (χ0v) is 9.18. The Hall–Kier alpha value is -2.90. The minimum absolute atomic E-state index is 0.100. The minimum Gasteiger partial charge on any atom is -0.351 e. The van der Waals surface area contributed by atoms with Gasteiger partial charge in [-0.15, -0.1) is 0 Å². The predicted molar refractivity (Wildman–Crippen MR) is 64.0 cm³/mol. The summed E-state index contributed by atoms with van der Waals surface area (Å²) in [7, 11) is 0. The zero-order valence-electron chi connectivity index (χ0n) is 9.18. The van der Waals surface area contributed by atoms with Crippen molar-refractivity contribution >= 4 is 23.3 Å². The van der Waals surface area contributed by atoms with Gasteiger partial charge >= 0.3 is 6.03 Å². The number of primary amides is 1. The lowest BCUT2D eigenvalue weighted by Crippen LogP contribution is -2.19. The molecule has 0 aliphatic rings. The number of amides is 3. The summed E-state index contributed by atoms with van der Waals surface area (Å²) in [5, 5.41) is 11.0. The average Bonchev–Trinajstić information content (AvgIpc) is 2.81. The highest BCUT2D eigenvalue weighted by atomic mass is 16.2. The molecule has 0 bridgehead atoms. The highest BCUT2D eigenvalue weighted by molar-refractivity contribution is 6.01. The second-order valence-electron chi connectivity index (χ2n) is 3.36. The Kier molecular flexibility index (Phi) is 3.19. The number of hydrogen-bond donors (Lipinski definition) is 4. The van der Waals surface area contributed by atoms with Crippen LogP contribution >= 0.6 is 0 Å². The van der Waals surface area contributed by atoms with Crippen LogP contribution in [0.5, 0.6) is 0 Å². The van der Waals surface area contributed by atoms with Gasteiger partial charge in [0.1, 0.15) is 6.33 Å². The van der Waals surface area contributed by atoms with E-state index in [0.717, 1.165) is 0 Å². The maximum Gasteiger partial charge on any atom is 0.316 e. The molecule has 0 saturated heterocycles. The SMILES string of the molecule is NC(=O)Nc1cccc(NC(=O)c2ncn[nH]2)c1. The summed E-state index contributed by atoms with van der Waals surface area (Å²) < 4.78 is 0. The lowest BCUT2D eigenvalue weighted by molar-refractivity contribution is 0.101. The van der Waals surface area contributed by atoms with Crippen molar-refractivity contribution in [2.75, 3.05) is 10.6 Å². The van der Waals surface area contributed by atoms with Crippen LogP contribution in [0.1, 0.15) is 10.6 Å². The Labute approximate surface area is 102 Å². The van der Waals surface area contributed by atoms with Gasteiger partial charge in [-0.1, -0.05) is 6.07 Å².